The number of aliphatic hydroxyl groups is 4. The molecule has 0 amide bonds. The van der Waals surface area contributed by atoms with Crippen LogP contribution in [0.4, 0.5) is 0 Å². The van der Waals surface area contributed by atoms with Crippen LogP contribution in [0, 0.1) is 22.7 Å². The summed E-state index contributed by atoms with van der Waals surface area (Å²) < 4.78 is 0. The van der Waals surface area contributed by atoms with Crippen molar-refractivity contribution in [3.05, 3.63) is 23.3 Å². The molecule has 7 atom stereocenters. The fourth-order valence-corrected chi connectivity index (χ4v) is 6.74. The zero-order valence-electron chi connectivity index (χ0n) is 15.4. The highest BCUT2D eigenvalue weighted by Crippen LogP contribution is 2.66. The first-order chi connectivity index (χ1) is 11.8. The monoisotopic (exact) mass is 348 g/mol. The Labute approximate surface area is 150 Å². The van der Waals surface area contributed by atoms with Crippen LogP contribution < -0.4 is 0 Å². The molecule has 0 aromatic heterocycles. The smallest absolute Gasteiger partial charge is 0.106 e. The zero-order chi connectivity index (χ0) is 18.0. The minimum atomic E-state index is -1.20. The van der Waals surface area contributed by atoms with E-state index < -0.39 is 11.7 Å². The molecule has 0 heterocycles. The normalized spacial score (nSPS) is 50.2. The van der Waals surface area contributed by atoms with Gasteiger partial charge in [0, 0.05) is 5.41 Å². The van der Waals surface area contributed by atoms with E-state index in [-0.39, 0.29) is 29.5 Å². The van der Waals surface area contributed by atoms with Crippen molar-refractivity contribution in [2.24, 2.45) is 22.7 Å². The molecule has 1 unspecified atom stereocenters. The third-order valence-corrected chi connectivity index (χ3v) is 8.49. The highest BCUT2D eigenvalue weighted by molar-refractivity contribution is 5.39. The maximum Gasteiger partial charge on any atom is 0.106 e. The summed E-state index contributed by atoms with van der Waals surface area (Å²) in [6.45, 7) is 4.07. The summed E-state index contributed by atoms with van der Waals surface area (Å²) in [5.74, 6) is 0.741. The second kappa shape index (κ2) is 5.66. The van der Waals surface area contributed by atoms with Crippen LogP contribution in [0.2, 0.25) is 0 Å². The van der Waals surface area contributed by atoms with Crippen LogP contribution in [-0.2, 0) is 0 Å². The Hall–Kier alpha value is -0.680. The van der Waals surface area contributed by atoms with E-state index in [1.807, 2.05) is 0 Å². The van der Waals surface area contributed by atoms with Crippen LogP contribution in [0.5, 0.6) is 0 Å². The molecule has 140 valence electrons. The molecule has 0 bridgehead atoms. The van der Waals surface area contributed by atoms with E-state index in [4.69, 9.17) is 0 Å². The lowest BCUT2D eigenvalue weighted by atomic mass is 9.49. The molecule has 4 aliphatic carbocycles. The van der Waals surface area contributed by atoms with E-state index in [0.29, 0.717) is 12.3 Å². The van der Waals surface area contributed by atoms with Gasteiger partial charge < -0.3 is 20.4 Å². The molecule has 3 fully saturated rings. The molecule has 4 nitrogen and oxygen atoms in total. The second-order valence-electron chi connectivity index (χ2n) is 9.40. The lowest BCUT2D eigenvalue weighted by Crippen LogP contribution is -2.57. The van der Waals surface area contributed by atoms with Gasteiger partial charge in [0.1, 0.15) is 6.10 Å². The SMILES string of the molecule is C[C@]12CCC(O)CC1=CC=C1[C@@H]2CC[C@@]2(C)[C@H]1CC[C@]2(O)[C@@H](O)CO. The van der Waals surface area contributed by atoms with Gasteiger partial charge in [0.15, 0.2) is 0 Å². The van der Waals surface area contributed by atoms with Gasteiger partial charge in [-0.05, 0) is 62.2 Å². The molecule has 0 spiro atoms. The Morgan fingerprint density at radius 1 is 1.08 bits per heavy atom. The summed E-state index contributed by atoms with van der Waals surface area (Å²) in [5, 5.41) is 41.1. The number of fused-ring (bicyclic) bond motifs is 5. The number of hydrogen-bond acceptors (Lipinski definition) is 4. The Bertz CT molecular complexity index is 625. The largest absolute Gasteiger partial charge is 0.394 e. The van der Waals surface area contributed by atoms with E-state index >= 15 is 0 Å². The minimum Gasteiger partial charge on any atom is -0.394 e. The van der Waals surface area contributed by atoms with E-state index in [1.54, 1.807) is 0 Å². The van der Waals surface area contributed by atoms with Crippen molar-refractivity contribution in [3.63, 3.8) is 0 Å². The molecule has 25 heavy (non-hydrogen) atoms. The van der Waals surface area contributed by atoms with Gasteiger partial charge in [-0.1, -0.05) is 37.1 Å². The molecule has 3 saturated carbocycles. The highest BCUT2D eigenvalue weighted by atomic mass is 16.4. The quantitative estimate of drug-likeness (QED) is 0.617. The van der Waals surface area contributed by atoms with E-state index in [9.17, 15) is 20.4 Å². The Kier molecular flexibility index (Phi) is 4.01. The van der Waals surface area contributed by atoms with Crippen LogP contribution in [0.15, 0.2) is 23.3 Å². The molecular weight excluding hydrogens is 316 g/mol. The van der Waals surface area contributed by atoms with Crippen molar-refractivity contribution >= 4 is 0 Å². The van der Waals surface area contributed by atoms with Gasteiger partial charge in [-0.15, -0.1) is 0 Å². The molecule has 4 N–H and O–H groups in total. The lowest BCUT2D eigenvalue weighted by Gasteiger charge is -2.56. The van der Waals surface area contributed by atoms with Gasteiger partial charge >= 0.3 is 0 Å². The molecule has 0 aliphatic heterocycles. The zero-order valence-corrected chi connectivity index (χ0v) is 15.4. The molecular formula is C21H32O4. The third-order valence-electron chi connectivity index (χ3n) is 8.49. The number of rotatable bonds is 2. The third kappa shape index (κ3) is 2.21. The molecule has 0 aromatic carbocycles. The fourth-order valence-electron chi connectivity index (χ4n) is 6.74. The van der Waals surface area contributed by atoms with Gasteiger partial charge in [0.25, 0.3) is 0 Å². The predicted molar refractivity (Wildman–Crippen MR) is 95.7 cm³/mol. The highest BCUT2D eigenvalue weighted by Gasteiger charge is 2.64. The van der Waals surface area contributed by atoms with Gasteiger partial charge in [-0.2, -0.15) is 0 Å². The lowest BCUT2D eigenvalue weighted by molar-refractivity contribution is -0.165. The van der Waals surface area contributed by atoms with E-state index in [0.717, 1.165) is 38.5 Å². The molecule has 4 heteroatoms. The number of aliphatic hydroxyl groups excluding tert-OH is 3. The summed E-state index contributed by atoms with van der Waals surface area (Å²) in [6.07, 6.45) is 9.16. The predicted octanol–water partition coefficient (Wildman–Crippen LogP) is 2.31. The van der Waals surface area contributed by atoms with E-state index in [2.05, 4.69) is 26.0 Å². The second-order valence-corrected chi connectivity index (χ2v) is 9.40. The van der Waals surface area contributed by atoms with Gasteiger partial charge in [-0.3, -0.25) is 0 Å². The maximum atomic E-state index is 11.3. The van der Waals surface area contributed by atoms with Crippen LogP contribution >= 0.6 is 0 Å². The molecule has 4 rings (SSSR count). The summed E-state index contributed by atoms with van der Waals surface area (Å²) in [4.78, 5) is 0. The van der Waals surface area contributed by atoms with Crippen molar-refractivity contribution in [1.29, 1.82) is 0 Å². The average molecular weight is 348 g/mol. The summed E-state index contributed by atoms with van der Waals surface area (Å²) in [7, 11) is 0. The van der Waals surface area contributed by atoms with Crippen LogP contribution in [0.1, 0.15) is 58.8 Å². The number of hydrogen-bond donors (Lipinski definition) is 4. The van der Waals surface area contributed by atoms with E-state index in [1.165, 1.54) is 11.1 Å². The van der Waals surface area contributed by atoms with Gasteiger partial charge in [0.05, 0.1) is 18.3 Å². The van der Waals surface area contributed by atoms with Crippen molar-refractivity contribution in [2.75, 3.05) is 6.61 Å². The Morgan fingerprint density at radius 3 is 2.52 bits per heavy atom. The summed E-state index contributed by atoms with van der Waals surface area (Å²) in [5.41, 5.74) is 1.35. The Morgan fingerprint density at radius 2 is 1.80 bits per heavy atom. The van der Waals surface area contributed by atoms with Crippen LogP contribution in [-0.4, -0.2) is 44.8 Å². The first kappa shape index (κ1) is 17.7. The first-order valence-electron chi connectivity index (χ1n) is 9.87. The summed E-state index contributed by atoms with van der Waals surface area (Å²) >= 11 is 0. The first-order valence-corrected chi connectivity index (χ1v) is 9.87. The van der Waals surface area contributed by atoms with Crippen molar-refractivity contribution < 1.29 is 20.4 Å². The van der Waals surface area contributed by atoms with Gasteiger partial charge in [0.2, 0.25) is 0 Å². The Balaban J connectivity index is 1.72. The van der Waals surface area contributed by atoms with Gasteiger partial charge in [-0.25, -0.2) is 0 Å². The standard InChI is InChI=1S/C21H32O4/c1-19-8-5-14(23)11-13(19)3-4-15-16(19)6-9-20(2)17(15)7-10-21(20,25)18(24)12-22/h3-4,14,16-18,22-25H,5-12H2,1-2H3/t14?,16-,17-,18-,19-,20-,21-/m0/s1. The van der Waals surface area contributed by atoms with Crippen molar-refractivity contribution in [3.8, 4) is 0 Å². The minimum absolute atomic E-state index is 0.126. The summed E-state index contributed by atoms with van der Waals surface area (Å²) in [6, 6.07) is 0. The topological polar surface area (TPSA) is 80.9 Å². The maximum absolute atomic E-state index is 11.3. The number of allylic oxidation sites excluding steroid dienone is 3. The molecule has 4 aliphatic rings. The molecule has 0 saturated heterocycles. The van der Waals surface area contributed by atoms with Crippen LogP contribution in [0.25, 0.3) is 0 Å². The van der Waals surface area contributed by atoms with Crippen LogP contribution in [0.3, 0.4) is 0 Å². The average Bonchev–Trinajstić information content (AvgIpc) is 2.87. The van der Waals surface area contributed by atoms with Crippen molar-refractivity contribution in [1.82, 2.24) is 0 Å². The van der Waals surface area contributed by atoms with Crippen molar-refractivity contribution in [2.45, 2.75) is 76.6 Å². The molecule has 0 aromatic rings. The molecule has 0 radical (unpaired) electrons. The fraction of sp³-hybridized carbons (Fsp3) is 0.810.